The Morgan fingerprint density at radius 2 is 2.22 bits per heavy atom. The summed E-state index contributed by atoms with van der Waals surface area (Å²) < 4.78 is 1.59. The Labute approximate surface area is 112 Å². The number of nitrogens with one attached hydrogen (secondary N) is 1. The average molecular weight is 271 g/mol. The van der Waals surface area contributed by atoms with E-state index in [-0.39, 0.29) is 18.0 Å². The summed E-state index contributed by atoms with van der Waals surface area (Å²) in [5.74, 6) is 0.00400. The molecule has 1 aromatic rings. The number of aromatic nitrogens is 2. The van der Waals surface area contributed by atoms with Crippen molar-refractivity contribution in [3.8, 4) is 0 Å². The van der Waals surface area contributed by atoms with Crippen molar-refractivity contribution < 1.29 is 4.79 Å². The minimum Gasteiger partial charge on any atom is -0.351 e. The number of hydrogen-bond acceptors (Lipinski definition) is 3. The molecule has 1 saturated heterocycles. The van der Waals surface area contributed by atoms with Crippen LogP contribution in [0, 0.1) is 0 Å². The predicted octanol–water partition coefficient (Wildman–Crippen LogP) is 1.31. The topological polar surface area (TPSA) is 50.2 Å². The number of carbonyl (C=O) groups excluding carboxylic acids is 1. The quantitative estimate of drug-likeness (QED) is 0.901. The SMILES string of the molecule is CC(C(=O)NC1CCN(C)CC1)n1cc(Cl)cn1. The number of carbonyl (C=O) groups is 1. The van der Waals surface area contributed by atoms with E-state index in [1.165, 1.54) is 0 Å². The van der Waals surface area contributed by atoms with E-state index in [1.54, 1.807) is 17.1 Å². The molecule has 5 nitrogen and oxygen atoms in total. The van der Waals surface area contributed by atoms with Crippen LogP contribution < -0.4 is 5.32 Å². The van der Waals surface area contributed by atoms with E-state index in [2.05, 4.69) is 22.4 Å². The van der Waals surface area contributed by atoms with Crippen LogP contribution in [0.15, 0.2) is 12.4 Å². The van der Waals surface area contributed by atoms with Crippen molar-refractivity contribution in [1.82, 2.24) is 20.0 Å². The molecule has 1 N–H and O–H groups in total. The third-order valence-corrected chi connectivity index (χ3v) is 3.61. The Bertz CT molecular complexity index is 412. The number of likely N-dealkylation sites (tertiary alicyclic amines) is 1. The molecule has 2 heterocycles. The highest BCUT2D eigenvalue weighted by molar-refractivity contribution is 6.30. The zero-order valence-electron chi connectivity index (χ0n) is 10.8. The van der Waals surface area contributed by atoms with Crippen LogP contribution in [0.3, 0.4) is 0 Å². The normalized spacial score (nSPS) is 19.7. The summed E-state index contributed by atoms with van der Waals surface area (Å²) in [6.07, 6.45) is 5.23. The summed E-state index contributed by atoms with van der Waals surface area (Å²) in [5.41, 5.74) is 0. The van der Waals surface area contributed by atoms with Gasteiger partial charge >= 0.3 is 0 Å². The van der Waals surface area contributed by atoms with Gasteiger partial charge in [-0.1, -0.05) is 11.6 Å². The molecule has 0 spiro atoms. The van der Waals surface area contributed by atoms with Gasteiger partial charge in [0.25, 0.3) is 0 Å². The Morgan fingerprint density at radius 1 is 1.56 bits per heavy atom. The zero-order chi connectivity index (χ0) is 13.1. The second-order valence-corrected chi connectivity index (χ2v) is 5.34. The number of amides is 1. The minimum absolute atomic E-state index is 0.00400. The fraction of sp³-hybridized carbons (Fsp3) is 0.667. The first-order valence-corrected chi connectivity index (χ1v) is 6.62. The summed E-state index contributed by atoms with van der Waals surface area (Å²) in [6, 6.07) is -0.0423. The van der Waals surface area contributed by atoms with Crippen molar-refractivity contribution >= 4 is 17.5 Å². The standard InChI is InChI=1S/C12H19ClN4O/c1-9(17-8-10(13)7-14-17)12(18)15-11-3-5-16(2)6-4-11/h7-9,11H,3-6H2,1-2H3,(H,15,18). The molecule has 1 aromatic heterocycles. The van der Waals surface area contributed by atoms with E-state index in [9.17, 15) is 4.79 Å². The monoisotopic (exact) mass is 270 g/mol. The molecule has 1 atom stereocenters. The van der Waals surface area contributed by atoms with Crippen LogP contribution in [0.25, 0.3) is 0 Å². The molecule has 1 fully saturated rings. The molecule has 2 rings (SSSR count). The largest absolute Gasteiger partial charge is 0.351 e. The molecular formula is C12H19ClN4O. The molecule has 0 bridgehead atoms. The maximum absolute atomic E-state index is 12.1. The summed E-state index contributed by atoms with van der Waals surface area (Å²) in [5, 5.41) is 7.68. The first-order chi connectivity index (χ1) is 8.56. The van der Waals surface area contributed by atoms with E-state index < -0.39 is 0 Å². The molecule has 1 aliphatic heterocycles. The van der Waals surface area contributed by atoms with E-state index in [4.69, 9.17) is 11.6 Å². The zero-order valence-corrected chi connectivity index (χ0v) is 11.5. The van der Waals surface area contributed by atoms with Crippen molar-refractivity contribution in [3.63, 3.8) is 0 Å². The van der Waals surface area contributed by atoms with Gasteiger partial charge < -0.3 is 10.2 Å². The van der Waals surface area contributed by atoms with Gasteiger partial charge in [-0.2, -0.15) is 5.10 Å². The van der Waals surface area contributed by atoms with E-state index >= 15 is 0 Å². The van der Waals surface area contributed by atoms with Crippen LogP contribution in [0.1, 0.15) is 25.8 Å². The number of piperidine rings is 1. The molecule has 0 aliphatic carbocycles. The molecule has 18 heavy (non-hydrogen) atoms. The van der Waals surface area contributed by atoms with E-state index in [1.807, 2.05) is 6.92 Å². The van der Waals surface area contributed by atoms with Crippen molar-refractivity contribution in [3.05, 3.63) is 17.4 Å². The Morgan fingerprint density at radius 3 is 2.78 bits per heavy atom. The van der Waals surface area contributed by atoms with Crippen LogP contribution >= 0.6 is 11.6 Å². The highest BCUT2D eigenvalue weighted by atomic mass is 35.5. The van der Waals surface area contributed by atoms with Gasteiger partial charge in [-0.25, -0.2) is 0 Å². The van der Waals surface area contributed by atoms with Crippen molar-refractivity contribution in [2.45, 2.75) is 31.8 Å². The molecule has 1 aliphatic rings. The van der Waals surface area contributed by atoms with E-state index in [0.717, 1.165) is 25.9 Å². The Kier molecular flexibility index (Phi) is 4.24. The fourth-order valence-electron chi connectivity index (χ4n) is 2.12. The van der Waals surface area contributed by atoms with Gasteiger partial charge in [0.15, 0.2) is 0 Å². The highest BCUT2D eigenvalue weighted by Gasteiger charge is 2.22. The van der Waals surface area contributed by atoms with Gasteiger partial charge in [-0.05, 0) is 39.9 Å². The molecule has 0 radical (unpaired) electrons. The van der Waals surface area contributed by atoms with Gasteiger partial charge in [-0.3, -0.25) is 9.48 Å². The molecule has 6 heteroatoms. The van der Waals surface area contributed by atoms with Gasteiger partial charge in [0.2, 0.25) is 5.91 Å². The first kappa shape index (κ1) is 13.4. The molecule has 1 unspecified atom stereocenters. The summed E-state index contributed by atoms with van der Waals surface area (Å²) in [4.78, 5) is 14.4. The third kappa shape index (κ3) is 3.23. The van der Waals surface area contributed by atoms with Crippen molar-refractivity contribution in [2.24, 2.45) is 0 Å². The molecule has 100 valence electrons. The van der Waals surface area contributed by atoms with Gasteiger partial charge in [0.1, 0.15) is 6.04 Å². The van der Waals surface area contributed by atoms with Crippen molar-refractivity contribution in [1.29, 1.82) is 0 Å². The Hall–Kier alpha value is -1.07. The molecule has 0 aromatic carbocycles. The Balaban J connectivity index is 1.88. The summed E-state index contributed by atoms with van der Waals surface area (Å²) in [7, 11) is 2.10. The number of nitrogens with zero attached hydrogens (tertiary/aromatic N) is 3. The van der Waals surface area contributed by atoms with Gasteiger partial charge in [0, 0.05) is 12.2 Å². The second kappa shape index (κ2) is 5.71. The fourth-order valence-corrected chi connectivity index (χ4v) is 2.27. The first-order valence-electron chi connectivity index (χ1n) is 6.25. The lowest BCUT2D eigenvalue weighted by Crippen LogP contribution is -2.45. The molecule has 0 saturated carbocycles. The number of hydrogen-bond donors (Lipinski definition) is 1. The van der Waals surface area contributed by atoms with Crippen LogP contribution in [0.4, 0.5) is 0 Å². The van der Waals surface area contributed by atoms with Crippen LogP contribution in [0.2, 0.25) is 5.02 Å². The lowest BCUT2D eigenvalue weighted by molar-refractivity contribution is -0.125. The third-order valence-electron chi connectivity index (χ3n) is 3.41. The maximum Gasteiger partial charge on any atom is 0.244 e. The summed E-state index contributed by atoms with van der Waals surface area (Å²) in [6.45, 7) is 3.90. The molecule has 1 amide bonds. The van der Waals surface area contributed by atoms with E-state index in [0.29, 0.717) is 5.02 Å². The second-order valence-electron chi connectivity index (χ2n) is 4.90. The maximum atomic E-state index is 12.1. The number of halogens is 1. The number of rotatable bonds is 3. The van der Waals surface area contributed by atoms with Gasteiger partial charge in [0.05, 0.1) is 11.2 Å². The van der Waals surface area contributed by atoms with Gasteiger partial charge in [-0.15, -0.1) is 0 Å². The molecular weight excluding hydrogens is 252 g/mol. The van der Waals surface area contributed by atoms with Crippen molar-refractivity contribution in [2.75, 3.05) is 20.1 Å². The average Bonchev–Trinajstić information content (AvgIpc) is 2.78. The predicted molar refractivity (Wildman–Crippen MR) is 70.6 cm³/mol. The lowest BCUT2D eigenvalue weighted by Gasteiger charge is -2.30. The smallest absolute Gasteiger partial charge is 0.244 e. The minimum atomic E-state index is -0.322. The summed E-state index contributed by atoms with van der Waals surface area (Å²) >= 11 is 5.80. The van der Waals surface area contributed by atoms with Crippen LogP contribution in [-0.2, 0) is 4.79 Å². The highest BCUT2D eigenvalue weighted by Crippen LogP contribution is 2.13. The van der Waals surface area contributed by atoms with Crippen LogP contribution in [0.5, 0.6) is 0 Å². The van der Waals surface area contributed by atoms with Crippen LogP contribution in [-0.4, -0.2) is 46.8 Å². The lowest BCUT2D eigenvalue weighted by atomic mass is 10.1.